The van der Waals surface area contributed by atoms with Gasteiger partial charge in [-0.25, -0.2) is 4.39 Å². The van der Waals surface area contributed by atoms with Crippen molar-refractivity contribution in [3.63, 3.8) is 0 Å². The third kappa shape index (κ3) is 3.71. The summed E-state index contributed by atoms with van der Waals surface area (Å²) in [5, 5.41) is 14.0. The number of benzene rings is 1. The van der Waals surface area contributed by atoms with Crippen LogP contribution in [0.2, 0.25) is 5.02 Å². The Morgan fingerprint density at radius 3 is 2.77 bits per heavy atom. The minimum Gasteiger partial charge on any atom is -0.476 e. The Kier molecular flexibility index (Phi) is 5.83. The lowest BCUT2D eigenvalue weighted by Crippen LogP contribution is -1.98. The van der Waals surface area contributed by atoms with Crippen LogP contribution in [0.3, 0.4) is 0 Å². The monoisotopic (exact) mass is 395 g/mol. The topological polar surface area (TPSA) is 57.8 Å². The van der Waals surface area contributed by atoms with E-state index in [0.29, 0.717) is 39.8 Å². The first-order valence-corrected chi connectivity index (χ1v) is 9.57. The number of hydrogen-bond acceptors (Lipinski definition) is 5. The molecule has 6 nitrogen and oxygen atoms in total. The van der Waals surface area contributed by atoms with E-state index in [9.17, 15) is 4.39 Å². The lowest BCUT2D eigenvalue weighted by Gasteiger charge is -2.06. The van der Waals surface area contributed by atoms with E-state index in [4.69, 9.17) is 16.3 Å². The molecule has 0 aliphatic rings. The quantitative estimate of drug-likeness (QED) is 0.561. The van der Waals surface area contributed by atoms with Crippen molar-refractivity contribution in [1.29, 1.82) is 0 Å². The van der Waals surface area contributed by atoms with Crippen molar-refractivity contribution < 1.29 is 9.13 Å². The highest BCUT2D eigenvalue weighted by Gasteiger charge is 2.19. The number of halogens is 2. The molecular weight excluding hydrogens is 377 g/mol. The average molecular weight is 396 g/mol. The molecule has 9 heteroatoms. The van der Waals surface area contributed by atoms with Crippen molar-refractivity contribution in [2.75, 3.05) is 6.61 Å². The summed E-state index contributed by atoms with van der Waals surface area (Å²) in [4.78, 5) is 0. The Labute approximate surface area is 160 Å². The van der Waals surface area contributed by atoms with E-state index in [-0.39, 0.29) is 5.82 Å². The number of ether oxygens (including phenoxy) is 1. The minimum absolute atomic E-state index is 0.324. The summed E-state index contributed by atoms with van der Waals surface area (Å²) < 4.78 is 23.2. The molecule has 1 aromatic carbocycles. The highest BCUT2D eigenvalue weighted by molar-refractivity contribution is 7.98. The van der Waals surface area contributed by atoms with Crippen LogP contribution < -0.4 is 4.74 Å². The Bertz CT molecular complexity index is 890. The maximum Gasteiger partial charge on any atom is 0.243 e. The van der Waals surface area contributed by atoms with Gasteiger partial charge in [0.05, 0.1) is 6.61 Å². The summed E-state index contributed by atoms with van der Waals surface area (Å²) in [6.45, 7) is 5.15. The Balaban J connectivity index is 1.86. The van der Waals surface area contributed by atoms with Gasteiger partial charge in [0.15, 0.2) is 11.0 Å². The summed E-state index contributed by atoms with van der Waals surface area (Å²) in [7, 11) is 1.86. The van der Waals surface area contributed by atoms with Crippen LogP contribution in [0.4, 0.5) is 4.39 Å². The van der Waals surface area contributed by atoms with Gasteiger partial charge in [0, 0.05) is 36.1 Å². The molecule has 0 saturated heterocycles. The predicted octanol–water partition coefficient (Wildman–Crippen LogP) is 4.18. The molecule has 0 fully saturated rings. The van der Waals surface area contributed by atoms with E-state index in [1.807, 2.05) is 31.7 Å². The van der Waals surface area contributed by atoms with Crippen LogP contribution in [-0.4, -0.2) is 31.2 Å². The molecule has 3 rings (SSSR count). The van der Waals surface area contributed by atoms with E-state index < -0.39 is 0 Å². The first-order chi connectivity index (χ1) is 12.5. The Morgan fingerprint density at radius 1 is 1.27 bits per heavy atom. The maximum absolute atomic E-state index is 13.9. The number of nitrogens with zero attached hydrogens (tertiary/aromatic N) is 5. The van der Waals surface area contributed by atoms with Gasteiger partial charge >= 0.3 is 0 Å². The highest BCUT2D eigenvalue weighted by Crippen LogP contribution is 2.32. The Morgan fingerprint density at radius 2 is 2.08 bits per heavy atom. The summed E-state index contributed by atoms with van der Waals surface area (Å²) >= 11 is 7.46. The van der Waals surface area contributed by atoms with Gasteiger partial charge < -0.3 is 9.30 Å². The zero-order chi connectivity index (χ0) is 18.7. The smallest absolute Gasteiger partial charge is 0.243 e. The number of aromatic nitrogens is 5. The molecule has 26 heavy (non-hydrogen) atoms. The summed E-state index contributed by atoms with van der Waals surface area (Å²) in [5.74, 6) is 1.22. The molecule has 0 unspecified atom stereocenters. The molecule has 0 atom stereocenters. The van der Waals surface area contributed by atoms with Gasteiger partial charge in [-0.15, -0.1) is 15.3 Å². The normalized spacial score (nSPS) is 11.1. The zero-order valence-electron chi connectivity index (χ0n) is 14.7. The van der Waals surface area contributed by atoms with Crippen LogP contribution >= 0.6 is 23.4 Å². The lowest BCUT2D eigenvalue weighted by atomic mass is 10.2. The van der Waals surface area contributed by atoms with Crippen molar-refractivity contribution in [3.8, 4) is 17.3 Å². The van der Waals surface area contributed by atoms with E-state index in [1.54, 1.807) is 16.8 Å². The summed E-state index contributed by atoms with van der Waals surface area (Å²) in [6, 6.07) is 4.67. The number of thioether (sulfide) groups is 1. The average Bonchev–Trinajstić information content (AvgIpc) is 3.18. The fourth-order valence-electron chi connectivity index (χ4n) is 2.44. The second-order valence-electron chi connectivity index (χ2n) is 5.49. The minimum atomic E-state index is -0.324. The zero-order valence-corrected chi connectivity index (χ0v) is 16.3. The van der Waals surface area contributed by atoms with Crippen LogP contribution in [0.15, 0.2) is 29.6 Å². The number of aryl methyl sites for hydroxylation is 1. The molecule has 0 radical (unpaired) electrons. The van der Waals surface area contributed by atoms with Crippen molar-refractivity contribution in [2.45, 2.75) is 31.3 Å². The molecule has 0 spiro atoms. The number of hydrogen-bond donors (Lipinski definition) is 0. The van der Waals surface area contributed by atoms with Crippen molar-refractivity contribution in [3.05, 3.63) is 40.8 Å². The molecule has 3 aromatic rings. The number of rotatable bonds is 7. The van der Waals surface area contributed by atoms with Gasteiger partial charge in [-0.1, -0.05) is 29.4 Å². The molecule has 2 heterocycles. The Hall–Kier alpha value is -2.06. The van der Waals surface area contributed by atoms with Crippen molar-refractivity contribution >= 4 is 23.4 Å². The van der Waals surface area contributed by atoms with Gasteiger partial charge in [0.2, 0.25) is 5.88 Å². The molecular formula is C17H19ClFN5OS. The largest absolute Gasteiger partial charge is 0.476 e. The molecule has 0 amide bonds. The van der Waals surface area contributed by atoms with E-state index in [0.717, 1.165) is 12.1 Å². The molecule has 0 saturated carbocycles. The molecule has 2 aromatic heterocycles. The fraction of sp³-hybridized carbons (Fsp3) is 0.353. The molecule has 0 aliphatic heterocycles. The van der Waals surface area contributed by atoms with Crippen molar-refractivity contribution in [1.82, 2.24) is 24.5 Å². The molecule has 138 valence electrons. The second kappa shape index (κ2) is 8.09. The van der Waals surface area contributed by atoms with Crippen LogP contribution in [0.25, 0.3) is 11.4 Å². The summed E-state index contributed by atoms with van der Waals surface area (Å²) in [6.07, 6.45) is 1.89. The third-order valence-electron chi connectivity index (χ3n) is 3.82. The SMILES string of the molecule is CCOc1nn(CC)cc1-c1nnc(SCc2c(F)cccc2Cl)n1C. The van der Waals surface area contributed by atoms with Crippen LogP contribution in [0.1, 0.15) is 19.4 Å². The highest BCUT2D eigenvalue weighted by atomic mass is 35.5. The summed E-state index contributed by atoms with van der Waals surface area (Å²) in [5.41, 5.74) is 1.23. The lowest BCUT2D eigenvalue weighted by molar-refractivity contribution is 0.322. The van der Waals surface area contributed by atoms with Gasteiger partial charge in [-0.2, -0.15) is 0 Å². The van der Waals surface area contributed by atoms with Crippen LogP contribution in [0, 0.1) is 5.82 Å². The fourth-order valence-corrected chi connectivity index (χ4v) is 3.70. The van der Waals surface area contributed by atoms with Gasteiger partial charge in [0.1, 0.15) is 11.4 Å². The second-order valence-corrected chi connectivity index (χ2v) is 6.84. The first-order valence-electron chi connectivity index (χ1n) is 8.20. The van der Waals surface area contributed by atoms with Gasteiger partial charge in [0.25, 0.3) is 0 Å². The standard InChI is InChI=1S/C17H19ClFN5OS/c1-4-24-9-11(16(22-24)25-5-2)15-20-21-17(23(15)3)26-10-12-13(18)7-6-8-14(12)19/h6-9H,4-5,10H2,1-3H3. The van der Waals surface area contributed by atoms with Crippen LogP contribution in [-0.2, 0) is 19.3 Å². The van der Waals surface area contributed by atoms with Crippen molar-refractivity contribution in [2.24, 2.45) is 7.05 Å². The van der Waals surface area contributed by atoms with Gasteiger partial charge in [-0.05, 0) is 26.0 Å². The predicted molar refractivity (Wildman–Crippen MR) is 100 cm³/mol. The van der Waals surface area contributed by atoms with E-state index >= 15 is 0 Å². The molecule has 0 bridgehead atoms. The van der Waals surface area contributed by atoms with E-state index in [1.165, 1.54) is 17.8 Å². The third-order valence-corrected chi connectivity index (χ3v) is 5.22. The van der Waals surface area contributed by atoms with Gasteiger partial charge in [-0.3, -0.25) is 4.68 Å². The maximum atomic E-state index is 13.9. The first kappa shape index (κ1) is 18.7. The molecule has 0 N–H and O–H groups in total. The van der Waals surface area contributed by atoms with E-state index in [2.05, 4.69) is 15.3 Å². The molecule has 0 aliphatic carbocycles. The van der Waals surface area contributed by atoms with Crippen LogP contribution in [0.5, 0.6) is 5.88 Å².